The van der Waals surface area contributed by atoms with Crippen molar-refractivity contribution in [2.24, 2.45) is 9.98 Å². The van der Waals surface area contributed by atoms with Crippen molar-refractivity contribution in [3.8, 4) is 0 Å². The Bertz CT molecular complexity index is 687. The molecule has 1 unspecified atom stereocenters. The van der Waals surface area contributed by atoms with Gasteiger partial charge in [-0.25, -0.2) is 4.99 Å². The molecule has 1 heterocycles. The average molecular weight is 337 g/mol. The number of rotatable bonds is 3. The second-order valence-corrected chi connectivity index (χ2v) is 4.48. The predicted octanol–water partition coefficient (Wildman–Crippen LogP) is 3.01. The lowest BCUT2D eigenvalue weighted by Crippen LogP contribution is -2.61. The lowest BCUT2D eigenvalue weighted by molar-refractivity contribution is -0.665. The first-order valence-corrected chi connectivity index (χ1v) is 6.00. The van der Waals surface area contributed by atoms with Gasteiger partial charge in [0.25, 0.3) is 0 Å². The number of aliphatic imine (C=N–C) groups is 2. The van der Waals surface area contributed by atoms with Crippen LogP contribution in [0.15, 0.2) is 40.3 Å². The monoisotopic (exact) mass is 337 g/mol. The summed E-state index contributed by atoms with van der Waals surface area (Å²) < 4.78 is 72.1. The Hall–Kier alpha value is -2.59. The fourth-order valence-corrected chi connectivity index (χ4v) is 1.85. The maximum atomic E-state index is 13.8. The minimum atomic E-state index is -5.82. The molecule has 0 aromatic heterocycles. The van der Waals surface area contributed by atoms with Crippen LogP contribution in [0.1, 0.15) is 12.5 Å². The second-order valence-electron chi connectivity index (χ2n) is 4.48. The van der Waals surface area contributed by atoms with Crippen LogP contribution in [0.25, 0.3) is 0 Å². The van der Waals surface area contributed by atoms with Crippen LogP contribution in [0.3, 0.4) is 0 Å². The first kappa shape index (κ1) is 16.8. The summed E-state index contributed by atoms with van der Waals surface area (Å²) in [5.41, 5.74) is -4.66. The van der Waals surface area contributed by atoms with Gasteiger partial charge in [-0.2, -0.15) is 18.2 Å². The molecule has 1 aliphatic heterocycles. The van der Waals surface area contributed by atoms with Crippen molar-refractivity contribution < 1.29 is 31.6 Å². The third-order valence-corrected chi connectivity index (χ3v) is 2.89. The van der Waals surface area contributed by atoms with Crippen LogP contribution in [0.5, 0.6) is 0 Å². The standard InChI is InChI=1S/C12H8F5N3O3/c1-7-18-10(11(13,14)15,12(16,17)20(21)22)19-9(23-7)8-5-3-2-4-6-8/h2-6H,1H3. The average Bonchev–Trinajstić information content (AvgIpc) is 2.46. The molecule has 0 bridgehead atoms. The Morgan fingerprint density at radius 1 is 1.13 bits per heavy atom. The Labute approximate surface area is 125 Å². The van der Waals surface area contributed by atoms with Crippen molar-refractivity contribution in [3.05, 3.63) is 46.0 Å². The number of nitro groups is 1. The zero-order valence-electron chi connectivity index (χ0n) is 11.3. The molecule has 0 saturated carbocycles. The van der Waals surface area contributed by atoms with Crippen molar-refractivity contribution in [2.75, 3.05) is 0 Å². The number of halogens is 5. The van der Waals surface area contributed by atoms with E-state index in [9.17, 15) is 32.1 Å². The van der Waals surface area contributed by atoms with Crippen LogP contribution in [0.4, 0.5) is 22.0 Å². The van der Waals surface area contributed by atoms with Crippen molar-refractivity contribution in [1.29, 1.82) is 0 Å². The number of hydrogen-bond acceptors (Lipinski definition) is 5. The SMILES string of the molecule is CC1=NC(C(F)(F)F)(C(F)(F)[N+](=O)[O-])N=C(c2ccccc2)O1. The van der Waals surface area contributed by atoms with Gasteiger partial charge in [-0.1, -0.05) is 18.2 Å². The minimum absolute atomic E-state index is 0.0606. The lowest BCUT2D eigenvalue weighted by atomic mass is 10.1. The molecule has 0 amide bonds. The first-order chi connectivity index (χ1) is 10.5. The third kappa shape index (κ3) is 2.62. The van der Waals surface area contributed by atoms with Crippen LogP contribution in [-0.2, 0) is 4.74 Å². The van der Waals surface area contributed by atoms with Gasteiger partial charge in [0.15, 0.2) is 5.90 Å². The minimum Gasteiger partial charge on any atom is -0.425 e. The second kappa shape index (κ2) is 5.25. The van der Waals surface area contributed by atoms with Crippen molar-refractivity contribution >= 4 is 11.8 Å². The van der Waals surface area contributed by atoms with E-state index in [1.165, 1.54) is 30.3 Å². The van der Waals surface area contributed by atoms with E-state index >= 15 is 0 Å². The van der Waals surface area contributed by atoms with Gasteiger partial charge < -0.3 is 4.74 Å². The zero-order chi connectivity index (χ0) is 17.5. The van der Waals surface area contributed by atoms with Crippen LogP contribution in [0.2, 0.25) is 0 Å². The molecule has 0 radical (unpaired) electrons. The maximum absolute atomic E-state index is 13.8. The summed E-state index contributed by atoms with van der Waals surface area (Å²) in [7, 11) is 0. The molecule has 0 aliphatic carbocycles. The summed E-state index contributed by atoms with van der Waals surface area (Å²) in [6, 6.07) is 1.32. The third-order valence-electron chi connectivity index (χ3n) is 2.89. The summed E-state index contributed by atoms with van der Waals surface area (Å²) in [6.07, 6.45) is -5.82. The number of benzene rings is 1. The van der Waals surface area contributed by atoms with Gasteiger partial charge in [0.05, 0.1) is 0 Å². The number of ether oxygens (including phenoxy) is 1. The van der Waals surface area contributed by atoms with Gasteiger partial charge in [-0.15, -0.1) is 8.78 Å². The highest BCUT2D eigenvalue weighted by Gasteiger charge is 2.81. The van der Waals surface area contributed by atoms with E-state index in [-0.39, 0.29) is 5.56 Å². The maximum Gasteiger partial charge on any atom is 0.567 e. The molecule has 1 aliphatic rings. The zero-order valence-corrected chi connectivity index (χ0v) is 11.3. The van der Waals surface area contributed by atoms with E-state index in [2.05, 4.69) is 9.98 Å². The molecule has 11 heteroatoms. The van der Waals surface area contributed by atoms with Crippen LogP contribution < -0.4 is 0 Å². The summed E-state index contributed by atoms with van der Waals surface area (Å²) in [6.45, 7) is 0.869. The Morgan fingerprint density at radius 2 is 1.70 bits per heavy atom. The van der Waals surface area contributed by atoms with Crippen molar-refractivity contribution in [1.82, 2.24) is 0 Å². The lowest BCUT2D eigenvalue weighted by Gasteiger charge is -2.32. The normalized spacial score (nSPS) is 22.0. The fraction of sp³-hybridized carbons (Fsp3) is 0.333. The quantitative estimate of drug-likeness (QED) is 0.368. The molecule has 23 heavy (non-hydrogen) atoms. The van der Waals surface area contributed by atoms with E-state index in [4.69, 9.17) is 4.74 Å². The van der Waals surface area contributed by atoms with Crippen LogP contribution >= 0.6 is 0 Å². The number of hydrogen-bond donors (Lipinski definition) is 0. The van der Waals surface area contributed by atoms with Gasteiger partial charge in [0, 0.05) is 12.5 Å². The molecule has 0 spiro atoms. The van der Waals surface area contributed by atoms with Gasteiger partial charge in [-0.3, -0.25) is 10.1 Å². The Balaban J connectivity index is 2.73. The largest absolute Gasteiger partial charge is 0.567 e. The highest BCUT2D eigenvalue weighted by Crippen LogP contribution is 2.48. The Kier molecular flexibility index (Phi) is 3.83. The van der Waals surface area contributed by atoms with Gasteiger partial charge in [0.2, 0.25) is 5.90 Å². The molecule has 0 N–H and O–H groups in total. The van der Waals surface area contributed by atoms with Gasteiger partial charge in [0.1, 0.15) is 4.92 Å². The van der Waals surface area contributed by atoms with Crippen molar-refractivity contribution in [2.45, 2.75) is 24.8 Å². The fourth-order valence-electron chi connectivity index (χ4n) is 1.85. The van der Waals surface area contributed by atoms with Crippen LogP contribution in [0, 0.1) is 10.1 Å². The molecule has 0 saturated heterocycles. The van der Waals surface area contributed by atoms with Crippen molar-refractivity contribution in [3.63, 3.8) is 0 Å². The molecule has 2 rings (SSSR count). The van der Waals surface area contributed by atoms with E-state index < -0.39 is 34.6 Å². The van der Waals surface area contributed by atoms with E-state index in [1.807, 2.05) is 0 Å². The molecular weight excluding hydrogens is 329 g/mol. The number of alkyl halides is 5. The highest BCUT2D eigenvalue weighted by atomic mass is 19.4. The smallest absolute Gasteiger partial charge is 0.425 e. The molecular formula is C12H8F5N3O3. The topological polar surface area (TPSA) is 77.1 Å². The summed E-state index contributed by atoms with van der Waals surface area (Å²) in [4.78, 5) is 13.6. The summed E-state index contributed by atoms with van der Waals surface area (Å²) in [5.74, 6) is -1.66. The molecule has 124 valence electrons. The highest BCUT2D eigenvalue weighted by molar-refractivity contribution is 6.02. The van der Waals surface area contributed by atoms with E-state index in [1.54, 1.807) is 0 Å². The molecule has 6 nitrogen and oxygen atoms in total. The number of nitrogens with zero attached hydrogens (tertiary/aromatic N) is 3. The predicted molar refractivity (Wildman–Crippen MR) is 67.9 cm³/mol. The van der Waals surface area contributed by atoms with Gasteiger partial charge in [-0.05, 0) is 12.1 Å². The first-order valence-electron chi connectivity index (χ1n) is 6.00. The summed E-state index contributed by atoms with van der Waals surface area (Å²) >= 11 is 0. The molecule has 1 atom stereocenters. The molecule has 1 aromatic carbocycles. The molecule has 1 aromatic rings. The van der Waals surface area contributed by atoms with E-state index in [0.717, 1.165) is 6.92 Å². The summed E-state index contributed by atoms with van der Waals surface area (Å²) in [5, 5.41) is 10.5. The molecule has 0 fully saturated rings. The van der Waals surface area contributed by atoms with Gasteiger partial charge >= 0.3 is 17.9 Å². The van der Waals surface area contributed by atoms with Crippen LogP contribution in [-0.4, -0.2) is 34.6 Å². The van der Waals surface area contributed by atoms with E-state index in [0.29, 0.717) is 0 Å². The Morgan fingerprint density at radius 3 is 2.17 bits per heavy atom.